The number of imide groups is 1. The van der Waals surface area contributed by atoms with E-state index in [1.807, 2.05) is 0 Å². The predicted molar refractivity (Wildman–Crippen MR) is 167 cm³/mol. The molecular formula is C29H43N7O11. The maximum Gasteiger partial charge on any atom is 0.412 e. The van der Waals surface area contributed by atoms with Crippen LogP contribution in [0.15, 0.2) is 36.4 Å². The molecule has 2 atom stereocenters. The number of amides is 6. The minimum absolute atomic E-state index is 0.179. The van der Waals surface area contributed by atoms with E-state index in [9.17, 15) is 38.4 Å². The van der Waals surface area contributed by atoms with Gasteiger partial charge < -0.3 is 48.5 Å². The van der Waals surface area contributed by atoms with E-state index in [1.54, 1.807) is 13.8 Å². The Bertz CT molecular complexity index is 1270. The van der Waals surface area contributed by atoms with Crippen molar-refractivity contribution >= 4 is 53.4 Å². The molecule has 47 heavy (non-hydrogen) atoms. The average molecular weight is 666 g/mol. The molecule has 6 amide bonds. The number of carboxylic acid groups (broad SMARTS) is 2. The Morgan fingerprint density at radius 2 is 1.45 bits per heavy atom. The lowest BCUT2D eigenvalue weighted by Crippen LogP contribution is -2.44. The van der Waals surface area contributed by atoms with Gasteiger partial charge in [-0.3, -0.25) is 24.1 Å². The molecule has 0 saturated carbocycles. The molecule has 18 nitrogen and oxygen atoms in total. The first-order valence-corrected chi connectivity index (χ1v) is 14.4. The topological polar surface area (TPSA) is 318 Å². The van der Waals surface area contributed by atoms with Gasteiger partial charge in [0.05, 0.1) is 5.56 Å². The number of nitrogens with zero attached hydrogens (tertiary/aromatic N) is 1. The van der Waals surface area contributed by atoms with Crippen LogP contribution < -0.4 is 33.6 Å². The molecule has 0 fully saturated rings. The van der Waals surface area contributed by atoms with Gasteiger partial charge in [0, 0.05) is 37.3 Å². The number of urea groups is 1. The van der Waals surface area contributed by atoms with Crippen LogP contribution in [0, 0.1) is 5.92 Å². The van der Waals surface area contributed by atoms with Gasteiger partial charge in [0.2, 0.25) is 5.91 Å². The number of nitrogens with one attached hydrogen (secondary N) is 2. The Balaban J connectivity index is 0.000000725. The highest BCUT2D eigenvalue weighted by molar-refractivity contribution is 6.12. The van der Waals surface area contributed by atoms with Gasteiger partial charge in [0.1, 0.15) is 12.1 Å². The summed E-state index contributed by atoms with van der Waals surface area (Å²) in [4.78, 5) is 88.0. The lowest BCUT2D eigenvalue weighted by Gasteiger charge is -2.18. The lowest BCUT2D eigenvalue weighted by atomic mass is 10.0. The Morgan fingerprint density at radius 3 is 1.91 bits per heavy atom. The van der Waals surface area contributed by atoms with Crippen molar-refractivity contribution in [2.75, 3.05) is 18.8 Å². The van der Waals surface area contributed by atoms with Crippen molar-refractivity contribution in [1.82, 2.24) is 15.5 Å². The van der Waals surface area contributed by atoms with Crippen LogP contribution in [0.25, 0.3) is 0 Å². The highest BCUT2D eigenvalue weighted by Crippen LogP contribution is 2.09. The number of primary amides is 2. The lowest BCUT2D eigenvalue weighted by molar-refractivity contribution is -0.143. The second-order valence-electron chi connectivity index (χ2n) is 10.3. The third-order valence-corrected chi connectivity index (χ3v) is 6.08. The zero-order valence-electron chi connectivity index (χ0n) is 26.2. The zero-order chi connectivity index (χ0) is 36.1. The molecule has 0 aliphatic carbocycles. The molecule has 0 bridgehead atoms. The van der Waals surface area contributed by atoms with Crippen molar-refractivity contribution in [3.63, 3.8) is 0 Å². The molecule has 2 unspecified atom stereocenters. The van der Waals surface area contributed by atoms with E-state index in [0.29, 0.717) is 50.9 Å². The fourth-order valence-electron chi connectivity index (χ4n) is 3.57. The number of carbonyl (C=O) groups excluding carboxylic acids is 6. The standard InChI is InChI=1S/C15H22N2O5.C8H8N2O3.C6H13N3O3/c1-10(2)14(15(21)22)16-11(18)6-4-3-5-9-17-12(19)7-8-13(17)20;9-6-3-1-5(2-4-6)7(11)13-8(10)12;7-4(5(10)11)2-1-3-9-6(8)12/h7-8,10,14H,3-6,9H2,1-2H3,(H,16,18)(H,21,22);1-4H,9H2,(H2,10,12);4H,1-3,7H2,(H,10,11)(H3,8,9,12). The minimum Gasteiger partial charge on any atom is -0.480 e. The fraction of sp³-hybridized carbons (Fsp3) is 0.448. The maximum atomic E-state index is 11.7. The zero-order valence-corrected chi connectivity index (χ0v) is 26.2. The summed E-state index contributed by atoms with van der Waals surface area (Å²) in [5.74, 6) is -3.94. The smallest absolute Gasteiger partial charge is 0.412 e. The van der Waals surface area contributed by atoms with Crippen LogP contribution in [-0.4, -0.2) is 88.0 Å². The number of hydrogen-bond donors (Lipinski definition) is 8. The SMILES string of the molecule is CC(C)C(NC(=O)CCCCCN1C(=O)C=CC1=O)C(=O)O.NC(=O)NCCCC(N)C(=O)O.NC(=O)OC(=O)c1ccc(N)cc1. The molecule has 2 rings (SSSR count). The third kappa shape index (κ3) is 18.8. The molecule has 1 aromatic carbocycles. The molecule has 0 spiro atoms. The number of ether oxygens (including phenoxy) is 1. The van der Waals surface area contributed by atoms with E-state index >= 15 is 0 Å². The van der Waals surface area contributed by atoms with Crippen LogP contribution in [0.5, 0.6) is 0 Å². The summed E-state index contributed by atoms with van der Waals surface area (Å²) >= 11 is 0. The van der Waals surface area contributed by atoms with E-state index < -0.39 is 42.1 Å². The number of benzene rings is 1. The van der Waals surface area contributed by atoms with Gasteiger partial charge in [0.15, 0.2) is 0 Å². The minimum atomic E-state index is -1.12. The second kappa shape index (κ2) is 22.1. The first-order chi connectivity index (χ1) is 22.0. The molecule has 12 N–H and O–H groups in total. The number of carbonyl (C=O) groups is 8. The van der Waals surface area contributed by atoms with E-state index in [2.05, 4.69) is 21.1 Å². The van der Waals surface area contributed by atoms with E-state index in [0.717, 1.165) is 0 Å². The number of nitrogen functional groups attached to an aromatic ring is 1. The molecule has 1 heterocycles. The molecule has 0 radical (unpaired) electrons. The maximum absolute atomic E-state index is 11.7. The number of carboxylic acids is 2. The van der Waals surface area contributed by atoms with Crippen molar-refractivity contribution in [2.45, 2.75) is 64.5 Å². The highest BCUT2D eigenvalue weighted by atomic mass is 16.6. The highest BCUT2D eigenvalue weighted by Gasteiger charge is 2.24. The van der Waals surface area contributed by atoms with Crippen molar-refractivity contribution in [2.24, 2.45) is 23.1 Å². The number of nitrogens with two attached hydrogens (primary N) is 4. The first-order valence-electron chi connectivity index (χ1n) is 14.4. The molecule has 1 aliphatic rings. The largest absolute Gasteiger partial charge is 0.480 e. The molecule has 1 aromatic rings. The molecule has 260 valence electrons. The summed E-state index contributed by atoms with van der Waals surface area (Å²) in [5, 5.41) is 22.2. The quantitative estimate of drug-likeness (QED) is 0.0404. The van der Waals surface area contributed by atoms with E-state index in [1.165, 1.54) is 41.3 Å². The predicted octanol–water partition coefficient (Wildman–Crippen LogP) is 0.0483. The third-order valence-electron chi connectivity index (χ3n) is 6.08. The van der Waals surface area contributed by atoms with Crippen LogP contribution >= 0.6 is 0 Å². The number of hydrogen-bond acceptors (Lipinski definition) is 11. The van der Waals surface area contributed by atoms with E-state index in [-0.39, 0.29) is 35.6 Å². The van der Waals surface area contributed by atoms with Gasteiger partial charge in [-0.25, -0.2) is 19.2 Å². The first kappa shape index (κ1) is 41.5. The van der Waals surface area contributed by atoms with Crippen molar-refractivity contribution < 1.29 is 53.3 Å². The average Bonchev–Trinajstić information content (AvgIpc) is 3.30. The summed E-state index contributed by atoms with van der Waals surface area (Å²) < 4.78 is 4.14. The van der Waals surface area contributed by atoms with Crippen LogP contribution in [0.1, 0.15) is 62.7 Å². The van der Waals surface area contributed by atoms with Gasteiger partial charge in [0.25, 0.3) is 11.8 Å². The van der Waals surface area contributed by atoms with Gasteiger partial charge in [-0.05, 0) is 55.9 Å². The Kier molecular flexibility index (Phi) is 19.5. The summed E-state index contributed by atoms with van der Waals surface area (Å²) in [6.45, 7) is 4.17. The number of unbranched alkanes of at least 4 members (excludes halogenated alkanes) is 2. The van der Waals surface area contributed by atoms with Crippen molar-refractivity contribution in [3.05, 3.63) is 42.0 Å². The summed E-state index contributed by atoms with van der Waals surface area (Å²) in [7, 11) is 0. The Labute approximate surface area is 270 Å². The molecule has 0 saturated heterocycles. The van der Waals surface area contributed by atoms with Crippen LogP contribution in [-0.2, 0) is 28.7 Å². The van der Waals surface area contributed by atoms with Gasteiger partial charge in [-0.1, -0.05) is 20.3 Å². The molecule has 18 heteroatoms. The summed E-state index contributed by atoms with van der Waals surface area (Å²) in [5.41, 5.74) is 20.8. The van der Waals surface area contributed by atoms with Crippen LogP contribution in [0.4, 0.5) is 15.3 Å². The number of rotatable bonds is 15. The van der Waals surface area contributed by atoms with Gasteiger partial charge >= 0.3 is 30.0 Å². The molecular weight excluding hydrogens is 622 g/mol. The molecule has 1 aliphatic heterocycles. The van der Waals surface area contributed by atoms with Crippen molar-refractivity contribution in [3.8, 4) is 0 Å². The van der Waals surface area contributed by atoms with Gasteiger partial charge in [-0.15, -0.1) is 0 Å². The van der Waals surface area contributed by atoms with Crippen LogP contribution in [0.2, 0.25) is 0 Å². The monoisotopic (exact) mass is 665 g/mol. The van der Waals surface area contributed by atoms with E-state index in [4.69, 9.17) is 27.4 Å². The summed E-state index contributed by atoms with van der Waals surface area (Å²) in [6.07, 6.45) is 4.33. The number of anilines is 1. The van der Waals surface area contributed by atoms with Gasteiger partial charge in [-0.2, -0.15) is 0 Å². The Hall–Kier alpha value is -5.52. The number of aliphatic carboxylic acids is 2. The van der Waals surface area contributed by atoms with Crippen molar-refractivity contribution in [1.29, 1.82) is 0 Å². The fourth-order valence-corrected chi connectivity index (χ4v) is 3.57. The normalized spacial score (nSPS) is 12.9. The molecule has 0 aromatic heterocycles. The Morgan fingerprint density at radius 1 is 0.872 bits per heavy atom. The number of esters is 1. The second-order valence-corrected chi connectivity index (χ2v) is 10.3. The van der Waals surface area contributed by atoms with Crippen LogP contribution in [0.3, 0.4) is 0 Å². The summed E-state index contributed by atoms with van der Waals surface area (Å²) in [6, 6.07) is 3.59.